The predicted octanol–water partition coefficient (Wildman–Crippen LogP) is 3.60. The molecule has 0 unspecified atom stereocenters. The zero-order chi connectivity index (χ0) is 13.1. The maximum absolute atomic E-state index is 10.9. The molecule has 0 atom stereocenters. The molecular weight excluding hydrogens is 224 g/mol. The highest BCUT2D eigenvalue weighted by Crippen LogP contribution is 2.29. The molecule has 2 aromatic carbocycles. The summed E-state index contributed by atoms with van der Waals surface area (Å²) in [5, 5.41) is 8.92. The summed E-state index contributed by atoms with van der Waals surface area (Å²) in [5.41, 5.74) is 5.40. The van der Waals surface area contributed by atoms with Crippen molar-refractivity contribution in [3.8, 4) is 11.1 Å². The first-order valence-electron chi connectivity index (χ1n) is 5.96. The van der Waals surface area contributed by atoms with E-state index in [2.05, 4.69) is 19.1 Å². The van der Waals surface area contributed by atoms with E-state index in [1.165, 1.54) is 5.56 Å². The van der Waals surface area contributed by atoms with Gasteiger partial charge in [-0.05, 0) is 41.7 Å². The highest BCUT2D eigenvalue weighted by molar-refractivity contribution is 5.76. The number of benzene rings is 2. The number of hydrogen-bond donors (Lipinski definition) is 1. The first kappa shape index (κ1) is 12.4. The van der Waals surface area contributed by atoms with Crippen molar-refractivity contribution in [2.24, 2.45) is 0 Å². The van der Waals surface area contributed by atoms with Crippen LogP contribution in [0, 0.1) is 13.8 Å². The molecule has 2 aromatic rings. The molecule has 0 saturated heterocycles. The molecule has 0 spiro atoms. The normalized spacial score (nSPS) is 10.3. The van der Waals surface area contributed by atoms with Gasteiger partial charge in [0, 0.05) is 0 Å². The Balaban J connectivity index is 2.56. The maximum atomic E-state index is 10.9. The van der Waals surface area contributed by atoms with Crippen LogP contribution in [-0.4, -0.2) is 11.1 Å². The molecular formula is C16H16O2. The molecule has 2 nitrogen and oxygen atoms in total. The van der Waals surface area contributed by atoms with Gasteiger partial charge in [0.25, 0.3) is 0 Å². The van der Waals surface area contributed by atoms with Gasteiger partial charge in [0.2, 0.25) is 0 Å². The second-order valence-electron chi connectivity index (χ2n) is 4.48. The van der Waals surface area contributed by atoms with Crippen LogP contribution in [0.4, 0.5) is 0 Å². The van der Waals surface area contributed by atoms with Crippen LogP contribution < -0.4 is 0 Å². The Morgan fingerprint density at radius 3 is 2.33 bits per heavy atom. The van der Waals surface area contributed by atoms with Gasteiger partial charge in [-0.25, -0.2) is 0 Å². The number of hydrogen-bond acceptors (Lipinski definition) is 1. The molecule has 0 bridgehead atoms. The smallest absolute Gasteiger partial charge is 0.307 e. The third-order valence-electron chi connectivity index (χ3n) is 3.19. The Bertz CT molecular complexity index is 571. The van der Waals surface area contributed by atoms with Gasteiger partial charge in [-0.2, -0.15) is 0 Å². The lowest BCUT2D eigenvalue weighted by molar-refractivity contribution is -0.136. The molecule has 0 aromatic heterocycles. The van der Waals surface area contributed by atoms with E-state index >= 15 is 0 Å². The molecule has 0 radical (unpaired) electrons. The summed E-state index contributed by atoms with van der Waals surface area (Å²) < 4.78 is 0. The molecule has 0 aliphatic carbocycles. The lowest BCUT2D eigenvalue weighted by atomic mass is 9.91. The number of carboxylic acid groups (broad SMARTS) is 1. The fourth-order valence-corrected chi connectivity index (χ4v) is 2.29. The topological polar surface area (TPSA) is 37.3 Å². The highest BCUT2D eigenvalue weighted by atomic mass is 16.4. The molecule has 0 fully saturated rings. The molecule has 0 heterocycles. The lowest BCUT2D eigenvalue weighted by Gasteiger charge is -2.13. The van der Waals surface area contributed by atoms with Gasteiger partial charge in [0.05, 0.1) is 6.42 Å². The molecule has 2 heteroatoms. The van der Waals surface area contributed by atoms with E-state index in [9.17, 15) is 4.79 Å². The Hall–Kier alpha value is -2.09. The van der Waals surface area contributed by atoms with E-state index in [-0.39, 0.29) is 6.42 Å². The van der Waals surface area contributed by atoms with Crippen LogP contribution in [0.2, 0.25) is 0 Å². The third kappa shape index (κ3) is 2.43. The molecule has 18 heavy (non-hydrogen) atoms. The van der Waals surface area contributed by atoms with Crippen molar-refractivity contribution in [1.82, 2.24) is 0 Å². The molecule has 2 rings (SSSR count). The van der Waals surface area contributed by atoms with Crippen LogP contribution in [0.5, 0.6) is 0 Å². The van der Waals surface area contributed by atoms with Gasteiger partial charge < -0.3 is 5.11 Å². The zero-order valence-corrected chi connectivity index (χ0v) is 10.6. The lowest BCUT2D eigenvalue weighted by Crippen LogP contribution is -2.03. The summed E-state index contributed by atoms with van der Waals surface area (Å²) in [5.74, 6) is -0.791. The van der Waals surface area contributed by atoms with Crippen molar-refractivity contribution in [3.05, 3.63) is 59.2 Å². The number of carboxylic acids is 1. The minimum atomic E-state index is -0.791. The molecule has 0 saturated carbocycles. The SMILES string of the molecule is Cc1ccc(CC(=O)O)c(C)c1-c1ccccc1. The minimum Gasteiger partial charge on any atom is -0.481 e. The van der Waals surface area contributed by atoms with E-state index in [4.69, 9.17) is 5.11 Å². The van der Waals surface area contributed by atoms with Crippen molar-refractivity contribution in [2.75, 3.05) is 0 Å². The van der Waals surface area contributed by atoms with Crippen LogP contribution in [-0.2, 0) is 11.2 Å². The summed E-state index contributed by atoms with van der Waals surface area (Å²) >= 11 is 0. The second-order valence-corrected chi connectivity index (χ2v) is 4.48. The largest absolute Gasteiger partial charge is 0.481 e. The van der Waals surface area contributed by atoms with E-state index < -0.39 is 5.97 Å². The summed E-state index contributed by atoms with van der Waals surface area (Å²) in [6, 6.07) is 14.0. The molecule has 1 N–H and O–H groups in total. The van der Waals surface area contributed by atoms with E-state index in [0.717, 1.165) is 22.3 Å². The van der Waals surface area contributed by atoms with Crippen molar-refractivity contribution in [3.63, 3.8) is 0 Å². The first-order chi connectivity index (χ1) is 8.59. The summed E-state index contributed by atoms with van der Waals surface area (Å²) in [7, 11) is 0. The molecule has 0 aliphatic heterocycles. The second kappa shape index (κ2) is 5.05. The van der Waals surface area contributed by atoms with Crippen LogP contribution in [0.3, 0.4) is 0 Å². The van der Waals surface area contributed by atoms with Gasteiger partial charge in [-0.1, -0.05) is 42.5 Å². The quantitative estimate of drug-likeness (QED) is 0.890. The number of aryl methyl sites for hydroxylation is 1. The number of rotatable bonds is 3. The molecule has 0 aliphatic rings. The van der Waals surface area contributed by atoms with Crippen molar-refractivity contribution >= 4 is 5.97 Å². The standard InChI is InChI=1S/C16H16O2/c1-11-8-9-14(10-15(17)18)12(2)16(11)13-6-4-3-5-7-13/h3-9H,10H2,1-2H3,(H,17,18). The fraction of sp³-hybridized carbons (Fsp3) is 0.188. The fourth-order valence-electron chi connectivity index (χ4n) is 2.29. The molecule has 0 amide bonds. The highest BCUT2D eigenvalue weighted by Gasteiger charge is 2.11. The van der Waals surface area contributed by atoms with Crippen molar-refractivity contribution in [1.29, 1.82) is 0 Å². The van der Waals surface area contributed by atoms with Gasteiger partial charge in [0.1, 0.15) is 0 Å². The summed E-state index contributed by atoms with van der Waals surface area (Å²) in [4.78, 5) is 10.9. The van der Waals surface area contributed by atoms with E-state index in [1.54, 1.807) is 0 Å². The Labute approximate surface area is 107 Å². The Kier molecular flexibility index (Phi) is 3.47. The summed E-state index contributed by atoms with van der Waals surface area (Å²) in [6.45, 7) is 4.05. The number of aliphatic carboxylic acids is 1. The van der Waals surface area contributed by atoms with Crippen LogP contribution in [0.1, 0.15) is 16.7 Å². The van der Waals surface area contributed by atoms with Crippen LogP contribution >= 0.6 is 0 Å². The Morgan fingerprint density at radius 2 is 1.72 bits per heavy atom. The predicted molar refractivity (Wildman–Crippen MR) is 72.7 cm³/mol. The van der Waals surface area contributed by atoms with Gasteiger partial charge in [-0.15, -0.1) is 0 Å². The van der Waals surface area contributed by atoms with Gasteiger partial charge in [0.15, 0.2) is 0 Å². The van der Waals surface area contributed by atoms with Gasteiger partial charge >= 0.3 is 5.97 Å². The van der Waals surface area contributed by atoms with Crippen molar-refractivity contribution in [2.45, 2.75) is 20.3 Å². The molecule has 92 valence electrons. The first-order valence-corrected chi connectivity index (χ1v) is 5.96. The monoisotopic (exact) mass is 240 g/mol. The average Bonchev–Trinajstić information content (AvgIpc) is 2.34. The summed E-state index contributed by atoms with van der Waals surface area (Å²) in [6.07, 6.45) is 0.0753. The van der Waals surface area contributed by atoms with E-state index in [0.29, 0.717) is 0 Å². The average molecular weight is 240 g/mol. The van der Waals surface area contributed by atoms with Crippen molar-refractivity contribution < 1.29 is 9.90 Å². The zero-order valence-electron chi connectivity index (χ0n) is 10.6. The van der Waals surface area contributed by atoms with Gasteiger partial charge in [-0.3, -0.25) is 4.79 Å². The maximum Gasteiger partial charge on any atom is 0.307 e. The minimum absolute atomic E-state index is 0.0753. The Morgan fingerprint density at radius 1 is 1.06 bits per heavy atom. The van der Waals surface area contributed by atoms with Crippen LogP contribution in [0.25, 0.3) is 11.1 Å². The van der Waals surface area contributed by atoms with Crippen LogP contribution in [0.15, 0.2) is 42.5 Å². The van der Waals surface area contributed by atoms with E-state index in [1.807, 2.05) is 37.3 Å². The number of carbonyl (C=O) groups is 1. The third-order valence-corrected chi connectivity index (χ3v) is 3.19.